The molecule has 19 heavy (non-hydrogen) atoms. The Morgan fingerprint density at radius 3 is 2.89 bits per heavy atom. The lowest BCUT2D eigenvalue weighted by Crippen LogP contribution is -2.25. The molecule has 1 atom stereocenters. The van der Waals surface area contributed by atoms with E-state index in [2.05, 4.69) is 5.10 Å². The standard InChI is InChI=1S/C13H13N3O3/c1-15-8-14-16(13(15)18)7-10(17)12-6-9-4-2-3-5-11(9)19-12/h2-6,8,10,17H,7H2,1H3. The summed E-state index contributed by atoms with van der Waals surface area (Å²) in [7, 11) is 1.61. The highest BCUT2D eigenvalue weighted by atomic mass is 16.4. The first kappa shape index (κ1) is 11.7. The molecule has 0 bridgehead atoms. The molecular weight excluding hydrogens is 246 g/mol. The van der Waals surface area contributed by atoms with E-state index in [0.717, 1.165) is 5.39 Å². The van der Waals surface area contributed by atoms with Crippen LogP contribution in [0.2, 0.25) is 0 Å². The summed E-state index contributed by atoms with van der Waals surface area (Å²) in [6.07, 6.45) is 0.508. The van der Waals surface area contributed by atoms with Crippen LogP contribution >= 0.6 is 0 Å². The fourth-order valence-corrected chi connectivity index (χ4v) is 1.97. The number of hydrogen-bond acceptors (Lipinski definition) is 4. The molecule has 2 aromatic heterocycles. The minimum atomic E-state index is -0.903. The first-order valence-corrected chi connectivity index (χ1v) is 5.90. The summed E-state index contributed by atoms with van der Waals surface area (Å²) in [5.74, 6) is 0.429. The zero-order valence-corrected chi connectivity index (χ0v) is 10.4. The number of nitrogens with zero attached hydrogens (tertiary/aromatic N) is 3. The van der Waals surface area contributed by atoms with Gasteiger partial charge in [0.2, 0.25) is 0 Å². The molecule has 0 saturated heterocycles. The Morgan fingerprint density at radius 2 is 2.21 bits per heavy atom. The number of furan rings is 1. The minimum absolute atomic E-state index is 0.0689. The topological polar surface area (TPSA) is 73.2 Å². The summed E-state index contributed by atoms with van der Waals surface area (Å²) in [5, 5.41) is 14.9. The molecule has 0 saturated carbocycles. The van der Waals surface area contributed by atoms with Gasteiger partial charge in [0.25, 0.3) is 0 Å². The lowest BCUT2D eigenvalue weighted by molar-refractivity contribution is 0.126. The number of hydrogen-bond donors (Lipinski definition) is 1. The first-order chi connectivity index (χ1) is 9.15. The second-order valence-electron chi connectivity index (χ2n) is 4.41. The zero-order chi connectivity index (χ0) is 13.4. The Morgan fingerprint density at radius 1 is 1.42 bits per heavy atom. The third-order valence-electron chi connectivity index (χ3n) is 3.01. The monoisotopic (exact) mass is 259 g/mol. The van der Waals surface area contributed by atoms with Crippen molar-refractivity contribution >= 4 is 11.0 Å². The van der Waals surface area contributed by atoms with Gasteiger partial charge in [-0.3, -0.25) is 4.57 Å². The van der Waals surface area contributed by atoms with Crippen LogP contribution in [0, 0.1) is 0 Å². The molecule has 0 amide bonds. The maximum atomic E-state index is 11.6. The van der Waals surface area contributed by atoms with Gasteiger partial charge in [0.1, 0.15) is 23.8 Å². The molecule has 6 heteroatoms. The molecule has 0 spiro atoms. The molecule has 0 aliphatic rings. The van der Waals surface area contributed by atoms with E-state index in [4.69, 9.17) is 4.42 Å². The van der Waals surface area contributed by atoms with E-state index in [-0.39, 0.29) is 12.2 Å². The lowest BCUT2D eigenvalue weighted by atomic mass is 10.2. The van der Waals surface area contributed by atoms with Crippen molar-refractivity contribution < 1.29 is 9.52 Å². The highest BCUT2D eigenvalue weighted by Crippen LogP contribution is 2.24. The van der Waals surface area contributed by atoms with Crippen molar-refractivity contribution in [2.24, 2.45) is 7.05 Å². The van der Waals surface area contributed by atoms with Gasteiger partial charge >= 0.3 is 5.69 Å². The fourth-order valence-electron chi connectivity index (χ4n) is 1.97. The number of aliphatic hydroxyl groups is 1. The maximum absolute atomic E-state index is 11.6. The Bertz CT molecular complexity index is 736. The summed E-state index contributed by atoms with van der Waals surface area (Å²) >= 11 is 0. The van der Waals surface area contributed by atoms with Gasteiger partial charge < -0.3 is 9.52 Å². The molecule has 2 heterocycles. The highest BCUT2D eigenvalue weighted by Gasteiger charge is 2.16. The molecule has 3 rings (SSSR count). The number of aryl methyl sites for hydroxylation is 1. The number of rotatable bonds is 3. The smallest absolute Gasteiger partial charge is 0.345 e. The van der Waals surface area contributed by atoms with Crippen molar-refractivity contribution in [1.29, 1.82) is 0 Å². The van der Waals surface area contributed by atoms with Crippen LogP contribution in [0.5, 0.6) is 0 Å². The zero-order valence-electron chi connectivity index (χ0n) is 10.4. The van der Waals surface area contributed by atoms with Crippen molar-refractivity contribution in [2.75, 3.05) is 0 Å². The summed E-state index contributed by atoms with van der Waals surface area (Å²) in [6, 6.07) is 9.27. The molecule has 6 nitrogen and oxygen atoms in total. The maximum Gasteiger partial charge on any atom is 0.345 e. The van der Waals surface area contributed by atoms with Gasteiger partial charge in [-0.1, -0.05) is 18.2 Å². The molecule has 3 aromatic rings. The molecule has 0 radical (unpaired) electrons. The van der Waals surface area contributed by atoms with Crippen LogP contribution in [0.4, 0.5) is 0 Å². The van der Waals surface area contributed by atoms with Crippen molar-refractivity contribution in [2.45, 2.75) is 12.6 Å². The molecule has 0 fully saturated rings. The highest BCUT2D eigenvalue weighted by molar-refractivity contribution is 5.77. The van der Waals surface area contributed by atoms with Crippen molar-refractivity contribution in [3.63, 3.8) is 0 Å². The summed E-state index contributed by atoms with van der Waals surface area (Å²) < 4.78 is 8.11. The third kappa shape index (κ3) is 2.06. The molecular formula is C13H13N3O3. The van der Waals surface area contributed by atoms with Crippen molar-refractivity contribution in [3.8, 4) is 0 Å². The van der Waals surface area contributed by atoms with Gasteiger partial charge in [0.05, 0.1) is 6.54 Å². The molecule has 1 aromatic carbocycles. The second-order valence-corrected chi connectivity index (χ2v) is 4.41. The average Bonchev–Trinajstić information content (AvgIpc) is 2.97. The van der Waals surface area contributed by atoms with Crippen LogP contribution in [0.15, 0.2) is 45.9 Å². The Kier molecular flexibility index (Phi) is 2.72. The number of aromatic nitrogens is 3. The first-order valence-electron chi connectivity index (χ1n) is 5.90. The normalized spacial score (nSPS) is 12.9. The molecule has 1 unspecified atom stereocenters. The summed E-state index contributed by atoms with van der Waals surface area (Å²) in [5.41, 5.74) is 0.445. The van der Waals surface area contributed by atoms with Crippen LogP contribution in [0.3, 0.4) is 0 Å². The molecule has 0 aliphatic heterocycles. The van der Waals surface area contributed by atoms with Gasteiger partial charge in [0.15, 0.2) is 0 Å². The minimum Gasteiger partial charge on any atom is -0.458 e. The van der Waals surface area contributed by atoms with E-state index in [9.17, 15) is 9.90 Å². The summed E-state index contributed by atoms with van der Waals surface area (Å²) in [6.45, 7) is 0.0689. The number of fused-ring (bicyclic) bond motifs is 1. The van der Waals surface area contributed by atoms with Crippen LogP contribution < -0.4 is 5.69 Å². The quantitative estimate of drug-likeness (QED) is 0.763. The predicted molar refractivity (Wildman–Crippen MR) is 68.6 cm³/mol. The Labute approximate surface area is 108 Å². The van der Waals surface area contributed by atoms with Gasteiger partial charge in [-0.05, 0) is 12.1 Å². The second kappa shape index (κ2) is 4.40. The predicted octanol–water partition coefficient (Wildman–Crippen LogP) is 1.06. The van der Waals surface area contributed by atoms with E-state index in [0.29, 0.717) is 11.3 Å². The number of benzene rings is 1. The average molecular weight is 259 g/mol. The third-order valence-corrected chi connectivity index (χ3v) is 3.01. The van der Waals surface area contributed by atoms with E-state index < -0.39 is 6.10 Å². The van der Waals surface area contributed by atoms with Crippen molar-refractivity contribution in [3.05, 3.63) is 52.9 Å². The van der Waals surface area contributed by atoms with Crippen molar-refractivity contribution in [1.82, 2.24) is 14.3 Å². The number of aliphatic hydroxyl groups excluding tert-OH is 1. The van der Waals surface area contributed by atoms with E-state index >= 15 is 0 Å². The van der Waals surface area contributed by atoms with E-state index in [1.165, 1.54) is 15.6 Å². The summed E-state index contributed by atoms with van der Waals surface area (Å²) in [4.78, 5) is 11.6. The van der Waals surface area contributed by atoms with E-state index in [1.807, 2.05) is 24.3 Å². The van der Waals surface area contributed by atoms with E-state index in [1.54, 1.807) is 13.1 Å². The molecule has 1 N–H and O–H groups in total. The van der Waals surface area contributed by atoms with Crippen LogP contribution in [0.1, 0.15) is 11.9 Å². The van der Waals surface area contributed by atoms with Gasteiger partial charge in [-0.2, -0.15) is 5.10 Å². The van der Waals surface area contributed by atoms with Gasteiger partial charge in [-0.25, -0.2) is 9.48 Å². The van der Waals surface area contributed by atoms with Gasteiger partial charge in [-0.15, -0.1) is 0 Å². The number of para-hydroxylation sites is 1. The molecule has 0 aliphatic carbocycles. The molecule has 98 valence electrons. The van der Waals surface area contributed by atoms with Gasteiger partial charge in [0, 0.05) is 12.4 Å². The Balaban J connectivity index is 1.89. The Hall–Kier alpha value is -2.34. The van der Waals surface area contributed by atoms with Crippen LogP contribution in [0.25, 0.3) is 11.0 Å². The SMILES string of the molecule is Cn1cnn(CC(O)c2cc3ccccc3o2)c1=O. The fraction of sp³-hybridized carbons (Fsp3) is 0.231. The van der Waals surface area contributed by atoms with Crippen LogP contribution in [-0.2, 0) is 13.6 Å². The lowest BCUT2D eigenvalue weighted by Gasteiger charge is -2.06. The van der Waals surface area contributed by atoms with Crippen LogP contribution in [-0.4, -0.2) is 19.5 Å². The largest absolute Gasteiger partial charge is 0.458 e.